The van der Waals surface area contributed by atoms with E-state index in [0.717, 1.165) is 73.4 Å². The van der Waals surface area contributed by atoms with Crippen molar-refractivity contribution < 1.29 is 59.4 Å². The predicted molar refractivity (Wildman–Crippen MR) is 123 cm³/mol. The normalized spacial score (nSPS) is 17.9. The van der Waals surface area contributed by atoms with Gasteiger partial charge in [-0.2, -0.15) is 30.7 Å². The van der Waals surface area contributed by atoms with Gasteiger partial charge >= 0.3 is 30.0 Å². The Kier molecular flexibility index (Phi) is 7.33. The van der Waals surface area contributed by atoms with Crippen LogP contribution in [0.3, 0.4) is 0 Å². The first-order chi connectivity index (χ1) is 17.5. The molecule has 0 bridgehead atoms. The van der Waals surface area contributed by atoms with Crippen LogP contribution in [0.1, 0.15) is 20.7 Å². The van der Waals surface area contributed by atoms with Crippen LogP contribution < -0.4 is 0 Å². The maximum atomic E-state index is 13.9. The zero-order valence-corrected chi connectivity index (χ0v) is 21.8. The number of rotatable bonds is 5. The maximum Gasteiger partial charge on any atom is 0.459 e. The first kappa shape index (κ1) is 28.7. The fraction of sp³-hybridized carbons (Fsp3) is 0.300. The molecule has 0 spiro atoms. The zero-order chi connectivity index (χ0) is 28.4. The number of methoxy groups -OCH3 is 2. The van der Waals surface area contributed by atoms with Gasteiger partial charge in [0.05, 0.1) is 40.4 Å². The van der Waals surface area contributed by atoms with Crippen LogP contribution >= 0.6 is 47.0 Å². The van der Waals surface area contributed by atoms with Gasteiger partial charge in [0.2, 0.25) is 0 Å². The molecular weight excluding hydrogens is 611 g/mol. The van der Waals surface area contributed by atoms with Gasteiger partial charge < -0.3 is 9.47 Å². The average molecular weight is 622 g/mol. The van der Waals surface area contributed by atoms with E-state index in [9.17, 15) is 49.9 Å². The number of hydrogen-bond acceptors (Lipinski definition) is 10. The molecular formula is C20H10F7NO6S4. The number of alkyl halides is 7. The molecule has 0 N–H and O–H groups in total. The summed E-state index contributed by atoms with van der Waals surface area (Å²) in [4.78, 5) is 49.7. The highest BCUT2D eigenvalue weighted by molar-refractivity contribution is 8.33. The fourth-order valence-electron chi connectivity index (χ4n) is 3.25. The number of ether oxygens (including phenoxy) is 2. The van der Waals surface area contributed by atoms with Crippen molar-refractivity contribution in [2.45, 2.75) is 27.8 Å². The lowest BCUT2D eigenvalue weighted by atomic mass is 10.1. The summed E-state index contributed by atoms with van der Waals surface area (Å²) in [6.45, 7) is -2.47. The van der Waals surface area contributed by atoms with Crippen LogP contribution in [0.5, 0.6) is 0 Å². The van der Waals surface area contributed by atoms with Gasteiger partial charge in [0, 0.05) is 9.79 Å². The predicted octanol–water partition coefficient (Wildman–Crippen LogP) is 5.48. The molecule has 0 radical (unpaired) electrons. The van der Waals surface area contributed by atoms with E-state index in [1.165, 1.54) is 0 Å². The fourth-order valence-corrected chi connectivity index (χ4v) is 8.58. The second-order valence-electron chi connectivity index (χ2n) is 7.44. The standard InChI is InChI=1S/C20H10F7NO6S4/c1-33-14(31)10-11(15(32)34-2)38-17(37-10)16-35-8-3-6-7(4-9(8)36-16)13(30)28(12(6)29)5-18(21,22)19(23,24)20(25,26)27/h3-4H,5H2,1-2H3. The zero-order valence-electron chi connectivity index (χ0n) is 18.5. The summed E-state index contributed by atoms with van der Waals surface area (Å²) in [7, 11) is 2.24. The maximum absolute atomic E-state index is 13.9. The Balaban J connectivity index is 1.59. The Bertz CT molecular complexity index is 1280. The van der Waals surface area contributed by atoms with Crippen molar-refractivity contribution in [1.82, 2.24) is 4.90 Å². The minimum Gasteiger partial charge on any atom is -0.465 e. The number of hydrogen-bond donors (Lipinski definition) is 0. The molecule has 0 atom stereocenters. The van der Waals surface area contributed by atoms with Gasteiger partial charge in [-0.25, -0.2) is 9.59 Å². The van der Waals surface area contributed by atoms with Crippen LogP contribution in [0, 0.1) is 0 Å². The van der Waals surface area contributed by atoms with Crippen molar-refractivity contribution in [3.63, 3.8) is 0 Å². The van der Waals surface area contributed by atoms with E-state index < -0.39 is 59.4 Å². The third-order valence-electron chi connectivity index (χ3n) is 5.12. The number of fused-ring (bicyclic) bond motifs is 2. The molecule has 0 aliphatic carbocycles. The summed E-state index contributed by atoms with van der Waals surface area (Å²) in [5.41, 5.74) is -0.899. The minimum absolute atomic E-state index is 0.0240. The summed E-state index contributed by atoms with van der Waals surface area (Å²) in [6.07, 6.45) is -6.61. The van der Waals surface area contributed by atoms with E-state index in [0.29, 0.717) is 18.3 Å². The first-order valence-electron chi connectivity index (χ1n) is 9.77. The molecule has 4 rings (SSSR count). The quantitative estimate of drug-likeness (QED) is 0.239. The van der Waals surface area contributed by atoms with Gasteiger partial charge in [-0.1, -0.05) is 47.0 Å². The van der Waals surface area contributed by atoms with Crippen molar-refractivity contribution in [2.75, 3.05) is 20.8 Å². The molecule has 3 heterocycles. The van der Waals surface area contributed by atoms with Gasteiger partial charge in [0.1, 0.15) is 9.81 Å². The molecule has 0 saturated heterocycles. The molecule has 0 aromatic heterocycles. The molecule has 2 amide bonds. The Morgan fingerprint density at radius 3 is 1.53 bits per heavy atom. The monoisotopic (exact) mass is 621 g/mol. The Morgan fingerprint density at radius 1 is 0.763 bits per heavy atom. The van der Waals surface area contributed by atoms with E-state index >= 15 is 0 Å². The number of amides is 2. The number of thioether (sulfide) groups is 4. The lowest BCUT2D eigenvalue weighted by Gasteiger charge is -2.30. The molecule has 18 heteroatoms. The van der Waals surface area contributed by atoms with Crippen LogP contribution in [0.4, 0.5) is 30.7 Å². The second-order valence-corrected chi connectivity index (χ2v) is 12.1. The number of nitrogens with zero attached hydrogens (tertiary/aromatic N) is 1. The molecule has 204 valence electrons. The van der Waals surface area contributed by atoms with Gasteiger partial charge in [0.25, 0.3) is 11.8 Å². The van der Waals surface area contributed by atoms with Crippen LogP contribution in [-0.2, 0) is 19.1 Å². The van der Waals surface area contributed by atoms with Crippen molar-refractivity contribution in [1.29, 1.82) is 0 Å². The van der Waals surface area contributed by atoms with Gasteiger partial charge in [-0.05, 0) is 12.1 Å². The smallest absolute Gasteiger partial charge is 0.459 e. The number of benzene rings is 1. The number of imide groups is 1. The van der Waals surface area contributed by atoms with E-state index in [4.69, 9.17) is 0 Å². The van der Waals surface area contributed by atoms with E-state index in [1.54, 1.807) is 0 Å². The summed E-state index contributed by atoms with van der Waals surface area (Å²) in [6, 6.07) is 2.27. The Morgan fingerprint density at radius 2 is 1.16 bits per heavy atom. The summed E-state index contributed by atoms with van der Waals surface area (Å²) >= 11 is 3.92. The molecule has 38 heavy (non-hydrogen) atoms. The van der Waals surface area contributed by atoms with Crippen molar-refractivity contribution >= 4 is 70.8 Å². The van der Waals surface area contributed by atoms with Crippen LogP contribution in [-0.4, -0.2) is 67.4 Å². The number of halogens is 7. The molecule has 3 aliphatic heterocycles. The van der Waals surface area contributed by atoms with Gasteiger partial charge in [-0.3, -0.25) is 14.5 Å². The molecule has 0 fully saturated rings. The van der Waals surface area contributed by atoms with Crippen LogP contribution in [0.15, 0.2) is 40.2 Å². The number of carbonyl (C=O) groups is 4. The molecule has 3 aliphatic rings. The second kappa shape index (κ2) is 9.71. The van der Waals surface area contributed by atoms with Gasteiger partial charge in [0.15, 0.2) is 0 Å². The molecule has 1 aromatic rings. The first-order valence-corrected chi connectivity index (χ1v) is 13.0. The van der Waals surface area contributed by atoms with Crippen molar-refractivity contribution in [2.24, 2.45) is 0 Å². The molecule has 0 unspecified atom stereocenters. The number of carbonyl (C=O) groups excluding carboxylic acids is 4. The van der Waals surface area contributed by atoms with Gasteiger partial charge in [-0.15, -0.1) is 0 Å². The largest absolute Gasteiger partial charge is 0.465 e. The molecule has 7 nitrogen and oxygen atoms in total. The van der Waals surface area contributed by atoms with Crippen molar-refractivity contribution in [3.05, 3.63) is 41.5 Å². The van der Waals surface area contributed by atoms with E-state index in [2.05, 4.69) is 9.47 Å². The number of esters is 2. The highest BCUT2D eigenvalue weighted by Crippen LogP contribution is 2.61. The SMILES string of the molecule is COC(=O)C1=C(C(=O)OC)SC(=C2Sc3cc4c(cc3S2)C(=O)N(CC(F)(F)C(F)(F)C(F)(F)F)C4=O)S1. The average Bonchev–Trinajstić information content (AvgIpc) is 3.52. The van der Waals surface area contributed by atoms with Crippen LogP contribution in [0.25, 0.3) is 0 Å². The highest BCUT2D eigenvalue weighted by atomic mass is 32.2. The summed E-state index contributed by atoms with van der Waals surface area (Å²) < 4.78 is 102. The Labute approximate surface area is 224 Å². The minimum atomic E-state index is -6.61. The lowest BCUT2D eigenvalue weighted by molar-refractivity contribution is -0.354. The summed E-state index contributed by atoms with van der Waals surface area (Å²) in [5, 5.41) is 0. The molecule has 1 aromatic carbocycles. The summed E-state index contributed by atoms with van der Waals surface area (Å²) in [5.74, 6) is -16.7. The van der Waals surface area contributed by atoms with Crippen LogP contribution in [0.2, 0.25) is 0 Å². The molecule has 0 saturated carbocycles. The van der Waals surface area contributed by atoms with E-state index in [-0.39, 0.29) is 14.7 Å². The van der Waals surface area contributed by atoms with E-state index in [1.807, 2.05) is 0 Å². The Hall–Kier alpha value is -2.31. The third-order valence-corrected chi connectivity index (χ3v) is 10.7. The lowest BCUT2D eigenvalue weighted by Crippen LogP contribution is -2.57. The van der Waals surface area contributed by atoms with Crippen molar-refractivity contribution in [3.8, 4) is 0 Å². The highest BCUT2D eigenvalue weighted by Gasteiger charge is 2.73. The third kappa shape index (κ3) is 4.58. The topological polar surface area (TPSA) is 90.0 Å².